The largest absolute Gasteiger partial charge is 0.548 e. The molecule has 0 aliphatic rings. The predicted octanol–water partition coefficient (Wildman–Crippen LogP) is 3.32. The molecule has 2 aromatic heterocycles. The molecule has 4 aromatic rings. The summed E-state index contributed by atoms with van der Waals surface area (Å²) in [4.78, 5) is 36.3. The van der Waals surface area contributed by atoms with Crippen LogP contribution in [0, 0.1) is 20.8 Å². The minimum atomic E-state index is -1.37. The van der Waals surface area contributed by atoms with E-state index in [-0.39, 0.29) is 18.4 Å². The van der Waals surface area contributed by atoms with Crippen molar-refractivity contribution < 1.29 is 23.5 Å². The first-order valence-electron chi connectivity index (χ1n) is 10.8. The Morgan fingerprint density at radius 2 is 1.67 bits per heavy atom. The fourth-order valence-electron chi connectivity index (χ4n) is 4.28. The van der Waals surface area contributed by atoms with Gasteiger partial charge in [-0.25, -0.2) is 4.79 Å². The van der Waals surface area contributed by atoms with Crippen LogP contribution >= 0.6 is 0 Å². The van der Waals surface area contributed by atoms with E-state index in [4.69, 9.17) is 8.83 Å². The Morgan fingerprint density at radius 1 is 1.00 bits per heavy atom. The maximum atomic E-state index is 12.8. The van der Waals surface area contributed by atoms with Crippen LogP contribution in [0.1, 0.15) is 35.8 Å². The molecule has 170 valence electrons. The van der Waals surface area contributed by atoms with Crippen LogP contribution in [0.25, 0.3) is 33.1 Å². The number of carboxylic acid groups (broad SMARTS) is 1. The van der Waals surface area contributed by atoms with Gasteiger partial charge in [0, 0.05) is 21.9 Å². The van der Waals surface area contributed by atoms with Gasteiger partial charge >= 0.3 is 5.63 Å². The van der Waals surface area contributed by atoms with Crippen LogP contribution in [-0.4, -0.2) is 17.9 Å². The van der Waals surface area contributed by atoms with Crippen molar-refractivity contribution in [1.82, 2.24) is 5.32 Å². The van der Waals surface area contributed by atoms with Gasteiger partial charge in [-0.15, -0.1) is 0 Å². The van der Waals surface area contributed by atoms with Crippen molar-refractivity contribution in [3.63, 3.8) is 0 Å². The number of amides is 1. The summed E-state index contributed by atoms with van der Waals surface area (Å²) in [5.41, 5.74) is 3.89. The van der Waals surface area contributed by atoms with Gasteiger partial charge in [0.25, 0.3) is 0 Å². The summed E-state index contributed by atoms with van der Waals surface area (Å²) in [6, 6.07) is 10.7. The van der Waals surface area contributed by atoms with E-state index in [2.05, 4.69) is 5.32 Å². The van der Waals surface area contributed by atoms with E-state index in [0.29, 0.717) is 27.7 Å². The second-order valence-electron chi connectivity index (χ2n) is 8.17. The van der Waals surface area contributed by atoms with Crippen molar-refractivity contribution in [2.75, 3.05) is 0 Å². The Kier molecular flexibility index (Phi) is 5.80. The van der Waals surface area contributed by atoms with Crippen molar-refractivity contribution in [3.8, 4) is 11.1 Å². The van der Waals surface area contributed by atoms with Crippen LogP contribution in [0.15, 0.2) is 50.0 Å². The average molecular weight is 446 g/mol. The van der Waals surface area contributed by atoms with Gasteiger partial charge in [-0.2, -0.15) is 0 Å². The van der Waals surface area contributed by atoms with E-state index < -0.39 is 23.5 Å². The van der Waals surface area contributed by atoms with Crippen LogP contribution < -0.4 is 16.0 Å². The molecule has 2 aromatic carbocycles. The number of hydrogen-bond acceptors (Lipinski definition) is 6. The molecule has 0 aliphatic heterocycles. The number of aliphatic carboxylic acids is 1. The highest BCUT2D eigenvalue weighted by Gasteiger charge is 2.22. The third kappa shape index (κ3) is 3.91. The van der Waals surface area contributed by atoms with Crippen molar-refractivity contribution in [3.05, 3.63) is 69.3 Å². The topological polar surface area (TPSA) is 113 Å². The van der Waals surface area contributed by atoms with Crippen LogP contribution in [0.4, 0.5) is 0 Å². The summed E-state index contributed by atoms with van der Waals surface area (Å²) in [5, 5.41) is 15.1. The molecule has 0 saturated carbocycles. The van der Waals surface area contributed by atoms with Crippen LogP contribution in [-0.2, 0) is 16.0 Å². The third-order valence-electron chi connectivity index (χ3n) is 6.06. The molecule has 0 spiro atoms. The molecule has 4 rings (SSSR count). The molecule has 1 N–H and O–H groups in total. The van der Waals surface area contributed by atoms with E-state index in [9.17, 15) is 19.5 Å². The van der Waals surface area contributed by atoms with Crippen LogP contribution in [0.2, 0.25) is 0 Å². The highest BCUT2D eigenvalue weighted by molar-refractivity contribution is 6.06. The molecular weight excluding hydrogens is 422 g/mol. The number of carboxylic acids is 1. The number of nitrogens with one attached hydrogen (secondary N) is 1. The zero-order valence-corrected chi connectivity index (χ0v) is 18.9. The summed E-state index contributed by atoms with van der Waals surface area (Å²) in [6.45, 7) is 7.12. The number of aryl methyl sites for hydroxylation is 3. The molecule has 7 heteroatoms. The maximum Gasteiger partial charge on any atom is 0.340 e. The molecule has 1 amide bonds. The van der Waals surface area contributed by atoms with Crippen molar-refractivity contribution >= 4 is 33.8 Å². The smallest absolute Gasteiger partial charge is 0.340 e. The second kappa shape index (κ2) is 8.58. The molecule has 0 saturated heterocycles. The number of rotatable bonds is 6. The standard InChI is InChI=1S/C26H25NO6/c1-5-20(25(29)30)27-21(28)12-18-13(2)17-11-19-22(16-9-7-6-8-10-16)15(4)32-24(19)14(3)23(17)33-26(18)31/h6-11,20H,5,12H2,1-4H3,(H,27,28)(H,29,30)/p-1/t20-/m0/s1. The lowest BCUT2D eigenvalue weighted by atomic mass is 9.96. The predicted molar refractivity (Wildman–Crippen MR) is 123 cm³/mol. The van der Waals surface area contributed by atoms with Gasteiger partial charge in [0.15, 0.2) is 0 Å². The maximum absolute atomic E-state index is 12.8. The Labute approximate surface area is 190 Å². The van der Waals surface area contributed by atoms with Gasteiger partial charge in [0.05, 0.1) is 24.0 Å². The number of carbonyl (C=O) groups excluding carboxylic acids is 2. The minimum absolute atomic E-state index is 0.179. The van der Waals surface area contributed by atoms with Crippen LogP contribution in [0.3, 0.4) is 0 Å². The average Bonchev–Trinajstić information content (AvgIpc) is 3.12. The Bertz CT molecular complexity index is 1450. The number of fused-ring (bicyclic) bond motifs is 2. The van der Waals surface area contributed by atoms with Gasteiger partial charge in [0.2, 0.25) is 5.91 Å². The summed E-state index contributed by atoms with van der Waals surface area (Å²) >= 11 is 0. The zero-order chi connectivity index (χ0) is 23.9. The number of hydrogen-bond donors (Lipinski definition) is 1. The molecule has 0 aliphatic carbocycles. The molecule has 0 unspecified atom stereocenters. The summed E-state index contributed by atoms with van der Waals surface area (Å²) in [5.74, 6) is -1.19. The fourth-order valence-corrected chi connectivity index (χ4v) is 4.28. The molecule has 1 atom stereocenters. The lowest BCUT2D eigenvalue weighted by Crippen LogP contribution is -2.48. The SMILES string of the molecule is CC[C@H](NC(=O)Cc1c(C)c2cc3c(-c4ccccc4)c(C)oc3c(C)c2oc1=O)C(=O)[O-]. The van der Waals surface area contributed by atoms with Gasteiger partial charge in [-0.05, 0) is 44.4 Å². The molecule has 0 radical (unpaired) electrons. The highest BCUT2D eigenvalue weighted by atomic mass is 16.4. The van der Waals surface area contributed by atoms with Crippen molar-refractivity contribution in [1.29, 1.82) is 0 Å². The van der Waals surface area contributed by atoms with Gasteiger partial charge in [0.1, 0.15) is 16.9 Å². The summed E-state index contributed by atoms with van der Waals surface area (Å²) in [6.07, 6.45) is -0.112. The Hall–Kier alpha value is -3.87. The van der Waals surface area contributed by atoms with Gasteiger partial charge in [-0.1, -0.05) is 37.3 Å². The Balaban J connectivity index is 1.87. The summed E-state index contributed by atoms with van der Waals surface area (Å²) in [7, 11) is 0. The minimum Gasteiger partial charge on any atom is -0.548 e. The number of carbonyl (C=O) groups is 2. The summed E-state index contributed by atoms with van der Waals surface area (Å²) < 4.78 is 11.7. The molecule has 33 heavy (non-hydrogen) atoms. The normalized spacial score (nSPS) is 12.2. The first-order valence-corrected chi connectivity index (χ1v) is 10.8. The molecule has 0 bridgehead atoms. The lowest BCUT2D eigenvalue weighted by molar-refractivity contribution is -0.308. The van der Waals surface area contributed by atoms with E-state index in [1.807, 2.05) is 50.2 Å². The number of benzene rings is 2. The van der Waals surface area contributed by atoms with Crippen molar-refractivity contribution in [2.45, 2.75) is 46.6 Å². The third-order valence-corrected chi connectivity index (χ3v) is 6.06. The van der Waals surface area contributed by atoms with E-state index in [1.165, 1.54) is 0 Å². The molecule has 2 heterocycles. The highest BCUT2D eigenvalue weighted by Crippen LogP contribution is 2.39. The fraction of sp³-hybridized carbons (Fsp3) is 0.269. The zero-order valence-electron chi connectivity index (χ0n) is 18.9. The second-order valence-corrected chi connectivity index (χ2v) is 8.17. The first-order chi connectivity index (χ1) is 15.7. The Morgan fingerprint density at radius 3 is 2.30 bits per heavy atom. The lowest BCUT2D eigenvalue weighted by Gasteiger charge is -2.18. The van der Waals surface area contributed by atoms with Gasteiger partial charge < -0.3 is 24.1 Å². The number of furan rings is 1. The van der Waals surface area contributed by atoms with E-state index in [0.717, 1.165) is 22.3 Å². The van der Waals surface area contributed by atoms with E-state index in [1.54, 1.807) is 13.8 Å². The molecule has 7 nitrogen and oxygen atoms in total. The van der Waals surface area contributed by atoms with E-state index >= 15 is 0 Å². The molecular formula is C26H24NO6-. The van der Waals surface area contributed by atoms with Gasteiger partial charge in [-0.3, -0.25) is 4.79 Å². The first kappa shape index (κ1) is 22.3. The van der Waals surface area contributed by atoms with Crippen molar-refractivity contribution in [2.24, 2.45) is 0 Å². The van der Waals surface area contributed by atoms with Crippen LogP contribution in [0.5, 0.6) is 0 Å². The molecule has 0 fully saturated rings. The monoisotopic (exact) mass is 446 g/mol. The quantitative estimate of drug-likeness (QED) is 0.455.